The third-order valence-electron chi connectivity index (χ3n) is 4.65. The average molecular weight is 455 g/mol. The molecule has 0 amide bonds. The lowest BCUT2D eigenvalue weighted by Crippen LogP contribution is -2.25. The molecule has 0 aliphatic carbocycles. The van der Waals surface area contributed by atoms with Crippen molar-refractivity contribution >= 4 is 40.8 Å². The molecule has 0 saturated carbocycles. The van der Waals surface area contributed by atoms with Gasteiger partial charge in [0.2, 0.25) is 5.43 Å². The van der Waals surface area contributed by atoms with Gasteiger partial charge in [-0.25, -0.2) is 9.18 Å². The van der Waals surface area contributed by atoms with Crippen LogP contribution in [0.1, 0.15) is 23.0 Å². The molecule has 1 N–H and O–H groups in total. The number of hydrogen-bond donors (Lipinski definition) is 1. The number of pyridine rings is 1. The van der Waals surface area contributed by atoms with Crippen LogP contribution >= 0.6 is 34.8 Å². The number of carboxylic acid groups (broad SMARTS) is 1. The van der Waals surface area contributed by atoms with Crippen molar-refractivity contribution in [2.45, 2.75) is 20.4 Å². The fourth-order valence-electron chi connectivity index (χ4n) is 3.38. The summed E-state index contributed by atoms with van der Waals surface area (Å²) in [5, 5.41) is 9.82. The highest BCUT2D eigenvalue weighted by atomic mass is 35.5. The van der Waals surface area contributed by atoms with E-state index in [1.54, 1.807) is 35.8 Å². The van der Waals surface area contributed by atoms with E-state index in [9.17, 15) is 19.1 Å². The van der Waals surface area contributed by atoms with Crippen molar-refractivity contribution in [3.63, 3.8) is 0 Å². The lowest BCUT2D eigenvalue weighted by Gasteiger charge is -2.21. The number of carbonyl (C=O) groups is 1. The predicted octanol–water partition coefficient (Wildman–Crippen LogP) is 6.31. The minimum absolute atomic E-state index is 0.103. The minimum atomic E-state index is -1.37. The van der Waals surface area contributed by atoms with Crippen LogP contribution in [0.3, 0.4) is 0 Å². The Balaban J connectivity index is 2.46. The van der Waals surface area contributed by atoms with E-state index in [1.165, 1.54) is 12.1 Å². The lowest BCUT2D eigenvalue weighted by atomic mass is 9.96. The second-order valence-corrected chi connectivity index (χ2v) is 7.57. The number of halogens is 4. The van der Waals surface area contributed by atoms with Crippen LogP contribution in [-0.4, -0.2) is 15.6 Å². The van der Waals surface area contributed by atoms with E-state index >= 15 is 0 Å². The van der Waals surface area contributed by atoms with E-state index in [1.807, 2.05) is 6.92 Å². The number of benzene rings is 2. The average Bonchev–Trinajstić information content (AvgIpc) is 2.66. The molecule has 0 radical (unpaired) electrons. The van der Waals surface area contributed by atoms with Crippen LogP contribution < -0.4 is 5.43 Å². The molecule has 0 fully saturated rings. The third-order valence-corrected chi connectivity index (χ3v) is 5.45. The Bertz CT molecular complexity index is 1160. The number of nitrogens with zero attached hydrogens (tertiary/aromatic N) is 1. The highest BCUT2D eigenvalue weighted by Gasteiger charge is 2.26. The largest absolute Gasteiger partial charge is 0.477 e. The number of hydrogen-bond acceptors (Lipinski definition) is 2. The van der Waals surface area contributed by atoms with Crippen LogP contribution in [0.25, 0.3) is 22.4 Å². The minimum Gasteiger partial charge on any atom is -0.477 e. The Morgan fingerprint density at radius 2 is 1.62 bits per heavy atom. The van der Waals surface area contributed by atoms with Gasteiger partial charge in [-0.05, 0) is 49.2 Å². The van der Waals surface area contributed by atoms with E-state index in [0.717, 1.165) is 0 Å². The molecule has 1 heterocycles. The van der Waals surface area contributed by atoms with Crippen molar-refractivity contribution < 1.29 is 14.3 Å². The Morgan fingerprint density at radius 1 is 1.07 bits per heavy atom. The molecule has 0 aliphatic heterocycles. The maximum atomic E-state index is 13.8. The summed E-state index contributed by atoms with van der Waals surface area (Å²) in [5.74, 6) is -2.18. The molecule has 2 aromatic carbocycles. The van der Waals surface area contributed by atoms with Gasteiger partial charge in [0.05, 0.1) is 15.7 Å². The van der Waals surface area contributed by atoms with Gasteiger partial charge in [-0.2, -0.15) is 0 Å². The normalized spacial score (nSPS) is 11.0. The summed E-state index contributed by atoms with van der Waals surface area (Å²) in [4.78, 5) is 25.4. The zero-order chi connectivity index (χ0) is 21.5. The van der Waals surface area contributed by atoms with Crippen molar-refractivity contribution in [3.8, 4) is 22.4 Å². The number of carboxylic acids is 1. The predicted molar refractivity (Wildman–Crippen MR) is 114 cm³/mol. The standard InChI is InChI=1S/C21H15Cl3FNO3/c1-3-26-10(2)16(12-8-14(23)18(25)15(24)9-12)20(27)17(21(28)29)19(26)11-4-6-13(22)7-5-11/h4-9H,3H2,1-2H3,(H,28,29). The number of aromatic carboxylic acids is 1. The third kappa shape index (κ3) is 3.78. The van der Waals surface area contributed by atoms with Gasteiger partial charge < -0.3 is 9.67 Å². The Labute approximate surface area is 181 Å². The lowest BCUT2D eigenvalue weighted by molar-refractivity contribution is 0.0695. The molecule has 0 saturated heterocycles. The van der Waals surface area contributed by atoms with E-state index < -0.39 is 22.8 Å². The first-order valence-corrected chi connectivity index (χ1v) is 9.72. The second-order valence-electron chi connectivity index (χ2n) is 6.32. The fraction of sp³-hybridized carbons (Fsp3) is 0.143. The van der Waals surface area contributed by atoms with E-state index in [0.29, 0.717) is 22.8 Å². The van der Waals surface area contributed by atoms with Gasteiger partial charge >= 0.3 is 5.97 Å². The summed E-state index contributed by atoms with van der Waals surface area (Å²) in [6.45, 7) is 3.91. The summed E-state index contributed by atoms with van der Waals surface area (Å²) in [5.41, 5.74) is 0.556. The van der Waals surface area contributed by atoms with Crippen LogP contribution in [0.15, 0.2) is 41.2 Å². The molecule has 3 rings (SSSR count). The van der Waals surface area contributed by atoms with Gasteiger partial charge in [0.1, 0.15) is 5.56 Å². The quantitative estimate of drug-likeness (QED) is 0.470. The maximum absolute atomic E-state index is 13.8. The monoisotopic (exact) mass is 453 g/mol. The van der Waals surface area contributed by atoms with Crippen LogP contribution in [0, 0.1) is 12.7 Å². The van der Waals surface area contributed by atoms with Gasteiger partial charge in [0.25, 0.3) is 0 Å². The number of aromatic nitrogens is 1. The van der Waals surface area contributed by atoms with Gasteiger partial charge in [-0.3, -0.25) is 4.79 Å². The molecule has 1 aromatic heterocycles. The summed E-state index contributed by atoms with van der Waals surface area (Å²) >= 11 is 17.7. The maximum Gasteiger partial charge on any atom is 0.341 e. The number of rotatable bonds is 4. The molecule has 8 heteroatoms. The zero-order valence-electron chi connectivity index (χ0n) is 15.4. The van der Waals surface area contributed by atoms with E-state index in [2.05, 4.69) is 0 Å². The van der Waals surface area contributed by atoms with Crippen molar-refractivity contribution in [1.29, 1.82) is 0 Å². The van der Waals surface area contributed by atoms with Crippen molar-refractivity contribution in [1.82, 2.24) is 4.57 Å². The van der Waals surface area contributed by atoms with Crippen molar-refractivity contribution in [2.24, 2.45) is 0 Å². The second kappa shape index (κ2) is 8.19. The first-order chi connectivity index (χ1) is 13.7. The topological polar surface area (TPSA) is 59.3 Å². The molecule has 0 unspecified atom stereocenters. The first kappa shape index (κ1) is 21.4. The van der Waals surface area contributed by atoms with Gasteiger partial charge in [-0.15, -0.1) is 0 Å². The molecule has 3 aromatic rings. The summed E-state index contributed by atoms with van der Waals surface area (Å²) in [6.07, 6.45) is 0. The van der Waals surface area contributed by atoms with E-state index in [4.69, 9.17) is 34.8 Å². The first-order valence-electron chi connectivity index (χ1n) is 8.58. The molecular formula is C21H15Cl3FNO3. The molecule has 150 valence electrons. The molecule has 29 heavy (non-hydrogen) atoms. The van der Waals surface area contributed by atoms with Crippen LogP contribution in [0.4, 0.5) is 4.39 Å². The molecule has 4 nitrogen and oxygen atoms in total. The zero-order valence-corrected chi connectivity index (χ0v) is 17.7. The van der Waals surface area contributed by atoms with E-state index in [-0.39, 0.29) is 26.9 Å². The fourth-order valence-corrected chi connectivity index (χ4v) is 3.99. The summed E-state index contributed by atoms with van der Waals surface area (Å²) in [7, 11) is 0. The molecule has 0 spiro atoms. The molecule has 0 atom stereocenters. The van der Waals surface area contributed by atoms with Crippen LogP contribution in [0.2, 0.25) is 15.1 Å². The van der Waals surface area contributed by atoms with Gasteiger partial charge in [-0.1, -0.05) is 46.9 Å². The summed E-state index contributed by atoms with van der Waals surface area (Å²) < 4.78 is 15.6. The SMILES string of the molecule is CCn1c(C)c(-c2cc(Cl)c(F)c(Cl)c2)c(=O)c(C(=O)O)c1-c1ccc(Cl)cc1. The summed E-state index contributed by atoms with van der Waals surface area (Å²) in [6, 6.07) is 9.08. The molecule has 0 bridgehead atoms. The van der Waals surface area contributed by atoms with Crippen LogP contribution in [-0.2, 0) is 6.54 Å². The Kier molecular flexibility index (Phi) is 6.03. The Hall–Kier alpha value is -2.34. The van der Waals surface area contributed by atoms with Gasteiger partial charge in [0, 0.05) is 22.8 Å². The smallest absolute Gasteiger partial charge is 0.341 e. The molecule has 0 aliphatic rings. The highest BCUT2D eigenvalue weighted by Crippen LogP contribution is 2.33. The highest BCUT2D eigenvalue weighted by molar-refractivity contribution is 6.35. The van der Waals surface area contributed by atoms with Crippen molar-refractivity contribution in [2.75, 3.05) is 0 Å². The van der Waals surface area contributed by atoms with Crippen LogP contribution in [0.5, 0.6) is 0 Å². The van der Waals surface area contributed by atoms with Crippen molar-refractivity contribution in [3.05, 3.63) is 78.8 Å². The molecular weight excluding hydrogens is 440 g/mol. The Morgan fingerprint density at radius 3 is 2.10 bits per heavy atom. The van der Waals surface area contributed by atoms with Gasteiger partial charge in [0.15, 0.2) is 5.82 Å².